The Morgan fingerprint density at radius 1 is 1.36 bits per heavy atom. The first kappa shape index (κ1) is 18.2. The number of aryl methyl sites for hydroxylation is 1. The van der Waals surface area contributed by atoms with Crippen LogP contribution in [-0.2, 0) is 4.79 Å². The summed E-state index contributed by atoms with van der Waals surface area (Å²) in [5, 5.41) is 5.93. The lowest BCUT2D eigenvalue weighted by Crippen LogP contribution is -3.16. The highest BCUT2D eigenvalue weighted by atomic mass is 35.5. The third-order valence-electron chi connectivity index (χ3n) is 4.74. The molecule has 2 N–H and O–H groups in total. The number of halogens is 1. The second-order valence-corrected chi connectivity index (χ2v) is 8.06. The fourth-order valence-corrected chi connectivity index (χ4v) is 4.19. The van der Waals surface area contributed by atoms with E-state index in [4.69, 9.17) is 11.6 Å². The Morgan fingerprint density at radius 2 is 2.12 bits per heavy atom. The highest BCUT2D eigenvalue weighted by molar-refractivity contribution is 7.10. The molecule has 1 aromatic carbocycles. The van der Waals surface area contributed by atoms with Gasteiger partial charge in [-0.2, -0.15) is 0 Å². The molecule has 6 heteroatoms. The Morgan fingerprint density at radius 3 is 2.80 bits per heavy atom. The number of benzene rings is 1. The van der Waals surface area contributed by atoms with Crippen molar-refractivity contribution >= 4 is 34.5 Å². The van der Waals surface area contributed by atoms with Gasteiger partial charge in [-0.25, -0.2) is 0 Å². The largest absolute Gasteiger partial charge is 0.360 e. The molecule has 2 aromatic rings. The van der Waals surface area contributed by atoms with Gasteiger partial charge in [0.2, 0.25) is 0 Å². The lowest BCUT2D eigenvalue weighted by Gasteiger charge is -2.34. The van der Waals surface area contributed by atoms with Gasteiger partial charge in [-0.15, -0.1) is 11.3 Å². The smallest absolute Gasteiger partial charge is 0.275 e. The lowest BCUT2D eigenvalue weighted by atomic mass is 10.1. The van der Waals surface area contributed by atoms with Crippen LogP contribution in [0.15, 0.2) is 35.7 Å². The van der Waals surface area contributed by atoms with Gasteiger partial charge >= 0.3 is 0 Å². The van der Waals surface area contributed by atoms with Gasteiger partial charge in [0.05, 0.1) is 32.2 Å². The molecule has 1 aromatic heterocycles. The van der Waals surface area contributed by atoms with Crippen molar-refractivity contribution in [2.24, 2.45) is 0 Å². The second kappa shape index (κ2) is 8.21. The molecule has 3 rings (SSSR count). The van der Waals surface area contributed by atoms with Crippen molar-refractivity contribution in [3.63, 3.8) is 0 Å². The van der Waals surface area contributed by atoms with E-state index in [-0.39, 0.29) is 11.9 Å². The molecule has 1 saturated heterocycles. The van der Waals surface area contributed by atoms with E-state index in [2.05, 4.69) is 29.3 Å². The van der Waals surface area contributed by atoms with Crippen LogP contribution in [0.3, 0.4) is 0 Å². The number of carbonyl (C=O) groups excluding carboxylic acids is 1. The number of nitrogens with zero attached hydrogens (tertiary/aromatic N) is 1. The standard InChI is InChI=1S/C19H24ClN3OS/c1-14-5-6-16(20)12-17(14)23-9-7-22(8-10-23)13-19(24)21-15(2)18-4-3-11-25-18/h3-6,11-12,15H,7-10,13H2,1-2H3,(H,21,24)/p+1/t15-/m0/s1. The van der Waals surface area contributed by atoms with Crippen molar-refractivity contribution in [2.75, 3.05) is 37.6 Å². The van der Waals surface area contributed by atoms with Gasteiger partial charge in [0.25, 0.3) is 5.91 Å². The molecule has 0 radical (unpaired) electrons. The molecular formula is C19H25ClN3OS+. The molecule has 4 nitrogen and oxygen atoms in total. The molecule has 0 aliphatic carbocycles. The minimum atomic E-state index is 0.0855. The number of nitrogens with one attached hydrogen (secondary N) is 2. The monoisotopic (exact) mass is 378 g/mol. The van der Waals surface area contributed by atoms with Crippen LogP contribution in [0, 0.1) is 6.92 Å². The van der Waals surface area contributed by atoms with Crippen LogP contribution in [0.25, 0.3) is 0 Å². The molecule has 0 unspecified atom stereocenters. The van der Waals surface area contributed by atoms with Gasteiger partial charge in [0, 0.05) is 15.6 Å². The van der Waals surface area contributed by atoms with E-state index < -0.39 is 0 Å². The number of rotatable bonds is 5. The van der Waals surface area contributed by atoms with Gasteiger partial charge in [-0.05, 0) is 43.0 Å². The summed E-state index contributed by atoms with van der Waals surface area (Å²) in [4.78, 5) is 17.2. The Kier molecular flexibility index (Phi) is 5.99. The number of quaternary nitrogens is 1. The average molecular weight is 379 g/mol. The fraction of sp³-hybridized carbons (Fsp3) is 0.421. The molecule has 0 spiro atoms. The predicted molar refractivity (Wildman–Crippen MR) is 105 cm³/mol. The van der Waals surface area contributed by atoms with Crippen LogP contribution in [-0.4, -0.2) is 38.6 Å². The molecule has 1 atom stereocenters. The minimum absolute atomic E-state index is 0.0855. The zero-order chi connectivity index (χ0) is 17.8. The molecule has 1 aliphatic heterocycles. The quantitative estimate of drug-likeness (QED) is 0.837. The van der Waals surface area contributed by atoms with Crippen LogP contribution < -0.4 is 15.1 Å². The topological polar surface area (TPSA) is 36.8 Å². The lowest BCUT2D eigenvalue weighted by molar-refractivity contribution is -0.892. The summed E-state index contributed by atoms with van der Waals surface area (Å²) >= 11 is 7.82. The number of carbonyl (C=O) groups is 1. The minimum Gasteiger partial charge on any atom is -0.360 e. The summed E-state index contributed by atoms with van der Waals surface area (Å²) < 4.78 is 0. The van der Waals surface area contributed by atoms with E-state index in [1.165, 1.54) is 21.0 Å². The van der Waals surface area contributed by atoms with Gasteiger partial charge in [-0.1, -0.05) is 23.7 Å². The van der Waals surface area contributed by atoms with E-state index >= 15 is 0 Å². The van der Waals surface area contributed by atoms with Crippen LogP contribution in [0.2, 0.25) is 5.02 Å². The summed E-state index contributed by atoms with van der Waals surface area (Å²) in [6.45, 7) is 8.52. The SMILES string of the molecule is Cc1ccc(Cl)cc1N1CC[NH+](CC(=O)N[C@@H](C)c2cccs2)CC1. The number of anilines is 1. The molecule has 1 aliphatic rings. The van der Waals surface area contributed by atoms with Crippen molar-refractivity contribution in [2.45, 2.75) is 19.9 Å². The van der Waals surface area contributed by atoms with Gasteiger partial charge in [0.15, 0.2) is 6.54 Å². The van der Waals surface area contributed by atoms with Crippen molar-refractivity contribution in [1.82, 2.24) is 5.32 Å². The maximum atomic E-state index is 12.3. The molecular weight excluding hydrogens is 354 g/mol. The maximum Gasteiger partial charge on any atom is 0.275 e. The number of hydrogen-bond acceptors (Lipinski definition) is 3. The first-order chi connectivity index (χ1) is 12.0. The summed E-state index contributed by atoms with van der Waals surface area (Å²) in [5.74, 6) is 0.128. The molecule has 2 heterocycles. The first-order valence-electron chi connectivity index (χ1n) is 8.70. The first-order valence-corrected chi connectivity index (χ1v) is 9.96. The van der Waals surface area contributed by atoms with Crippen LogP contribution in [0.5, 0.6) is 0 Å². The third kappa shape index (κ3) is 4.75. The summed E-state index contributed by atoms with van der Waals surface area (Å²) in [7, 11) is 0. The Balaban J connectivity index is 1.49. The van der Waals surface area contributed by atoms with Crippen molar-refractivity contribution in [3.05, 3.63) is 51.2 Å². The molecule has 1 amide bonds. The molecule has 0 bridgehead atoms. The van der Waals surface area contributed by atoms with Crippen molar-refractivity contribution < 1.29 is 9.69 Å². The summed E-state index contributed by atoms with van der Waals surface area (Å²) in [6, 6.07) is 10.2. The number of thiophene rings is 1. The fourth-order valence-electron chi connectivity index (χ4n) is 3.29. The molecule has 1 fully saturated rings. The Labute approximate surface area is 158 Å². The zero-order valence-corrected chi connectivity index (χ0v) is 16.3. The normalized spacial score (nSPS) is 16.7. The highest BCUT2D eigenvalue weighted by Crippen LogP contribution is 2.24. The highest BCUT2D eigenvalue weighted by Gasteiger charge is 2.24. The number of amides is 1. The number of piperazine rings is 1. The van der Waals surface area contributed by atoms with Crippen molar-refractivity contribution in [3.8, 4) is 0 Å². The zero-order valence-electron chi connectivity index (χ0n) is 14.7. The average Bonchev–Trinajstić information content (AvgIpc) is 3.12. The van der Waals surface area contributed by atoms with Gasteiger partial charge in [0.1, 0.15) is 0 Å². The van der Waals surface area contributed by atoms with Gasteiger partial charge < -0.3 is 15.1 Å². The Hall–Kier alpha value is -1.56. The molecule has 0 saturated carbocycles. The predicted octanol–water partition coefficient (Wildman–Crippen LogP) is 2.29. The van der Waals surface area contributed by atoms with Crippen LogP contribution in [0.4, 0.5) is 5.69 Å². The summed E-state index contributed by atoms with van der Waals surface area (Å²) in [6.07, 6.45) is 0. The van der Waals surface area contributed by atoms with E-state index in [1.54, 1.807) is 11.3 Å². The maximum absolute atomic E-state index is 12.3. The molecule has 134 valence electrons. The van der Waals surface area contributed by atoms with E-state index in [0.717, 1.165) is 31.2 Å². The van der Waals surface area contributed by atoms with Gasteiger partial charge in [-0.3, -0.25) is 4.79 Å². The molecule has 25 heavy (non-hydrogen) atoms. The second-order valence-electron chi connectivity index (χ2n) is 6.65. The van der Waals surface area contributed by atoms with Crippen molar-refractivity contribution in [1.29, 1.82) is 0 Å². The summed E-state index contributed by atoms with van der Waals surface area (Å²) in [5.41, 5.74) is 2.46. The van der Waals surface area contributed by atoms with E-state index in [0.29, 0.717) is 6.54 Å². The van der Waals surface area contributed by atoms with Crippen LogP contribution >= 0.6 is 22.9 Å². The van der Waals surface area contributed by atoms with E-state index in [1.807, 2.05) is 30.5 Å². The van der Waals surface area contributed by atoms with E-state index in [9.17, 15) is 4.79 Å². The van der Waals surface area contributed by atoms with Crippen LogP contribution in [0.1, 0.15) is 23.4 Å². The number of hydrogen-bond donors (Lipinski definition) is 2. The Bertz CT molecular complexity index is 711. The third-order valence-corrected chi connectivity index (χ3v) is 6.03.